The summed E-state index contributed by atoms with van der Waals surface area (Å²) >= 11 is 5.72. The molecule has 15 heavy (non-hydrogen) atoms. The van der Waals surface area contributed by atoms with Gasteiger partial charge in [0.1, 0.15) is 0 Å². The summed E-state index contributed by atoms with van der Waals surface area (Å²) < 4.78 is 6.87. The lowest BCUT2D eigenvalue weighted by Gasteiger charge is -2.23. The van der Waals surface area contributed by atoms with Gasteiger partial charge in [-0.05, 0) is 40.8 Å². The highest BCUT2D eigenvalue weighted by molar-refractivity contribution is 9.10. The van der Waals surface area contributed by atoms with Gasteiger partial charge in [0.2, 0.25) is 0 Å². The van der Waals surface area contributed by atoms with E-state index in [1.165, 1.54) is 28.6 Å². The molecule has 0 amide bonds. The molecule has 1 unspecified atom stereocenters. The first-order valence-corrected chi connectivity index (χ1v) is 7.08. The van der Waals surface area contributed by atoms with Crippen LogP contribution in [0.5, 0.6) is 0 Å². The van der Waals surface area contributed by atoms with Gasteiger partial charge in [-0.2, -0.15) is 0 Å². The van der Waals surface area contributed by atoms with E-state index in [0.717, 1.165) is 19.8 Å². The van der Waals surface area contributed by atoms with Crippen molar-refractivity contribution in [3.63, 3.8) is 0 Å². The highest BCUT2D eigenvalue weighted by Gasteiger charge is 2.26. The average Bonchev–Trinajstić information content (AvgIpc) is 2.83. The molecule has 1 N–H and O–H groups in total. The normalized spacial score (nSPS) is 25.5. The number of aryl methyl sites for hydroxylation is 1. The molecule has 2 aliphatic rings. The molecule has 3 rings (SSSR count). The monoisotopic (exact) mass is 287 g/mol. The molecule has 1 aromatic rings. The van der Waals surface area contributed by atoms with Crippen molar-refractivity contribution in [1.29, 1.82) is 0 Å². The van der Waals surface area contributed by atoms with Crippen molar-refractivity contribution in [3.8, 4) is 0 Å². The van der Waals surface area contributed by atoms with Crippen molar-refractivity contribution in [2.45, 2.75) is 25.3 Å². The number of rotatable bonds is 1. The van der Waals surface area contributed by atoms with Crippen molar-refractivity contribution in [1.82, 2.24) is 5.32 Å². The Morgan fingerprint density at radius 3 is 3.07 bits per heavy atom. The van der Waals surface area contributed by atoms with E-state index < -0.39 is 0 Å². The fourth-order valence-electron chi connectivity index (χ4n) is 2.34. The summed E-state index contributed by atoms with van der Waals surface area (Å²) in [5, 5.41) is 3.52. The second kappa shape index (κ2) is 4.17. The van der Waals surface area contributed by atoms with E-state index in [1.807, 2.05) is 11.3 Å². The Bertz CT molecular complexity index is 371. The minimum absolute atomic E-state index is 0.406. The van der Waals surface area contributed by atoms with Gasteiger partial charge in [-0.15, -0.1) is 11.3 Å². The topological polar surface area (TPSA) is 21.3 Å². The van der Waals surface area contributed by atoms with Crippen LogP contribution in [0.3, 0.4) is 0 Å². The number of ether oxygens (including phenoxy) is 1. The summed E-state index contributed by atoms with van der Waals surface area (Å²) in [6, 6.07) is 0.406. The molecule has 1 saturated heterocycles. The summed E-state index contributed by atoms with van der Waals surface area (Å²) in [7, 11) is 0. The molecule has 1 aliphatic carbocycles. The summed E-state index contributed by atoms with van der Waals surface area (Å²) in [6.45, 7) is 2.64. The molecule has 4 heteroatoms. The number of hydrogen-bond donors (Lipinski definition) is 1. The molecule has 0 spiro atoms. The van der Waals surface area contributed by atoms with Crippen molar-refractivity contribution >= 4 is 27.3 Å². The van der Waals surface area contributed by atoms with Crippen LogP contribution in [0, 0.1) is 0 Å². The molecule has 0 radical (unpaired) electrons. The Morgan fingerprint density at radius 1 is 1.40 bits per heavy atom. The van der Waals surface area contributed by atoms with Gasteiger partial charge in [0.15, 0.2) is 0 Å². The first kappa shape index (κ1) is 10.3. The molecule has 1 aromatic heterocycles. The van der Waals surface area contributed by atoms with Crippen molar-refractivity contribution in [2.24, 2.45) is 0 Å². The smallest absolute Gasteiger partial charge is 0.0670 e. The van der Waals surface area contributed by atoms with E-state index in [9.17, 15) is 0 Å². The summed E-state index contributed by atoms with van der Waals surface area (Å²) in [5.41, 5.74) is 1.56. The third-order valence-corrected chi connectivity index (χ3v) is 5.69. The zero-order chi connectivity index (χ0) is 10.3. The average molecular weight is 288 g/mol. The maximum Gasteiger partial charge on any atom is 0.0670 e. The number of thiophene rings is 1. The second-order valence-electron chi connectivity index (χ2n) is 4.12. The van der Waals surface area contributed by atoms with E-state index in [2.05, 4.69) is 21.2 Å². The van der Waals surface area contributed by atoms with E-state index in [0.29, 0.717) is 6.04 Å². The maximum absolute atomic E-state index is 5.52. The quantitative estimate of drug-likeness (QED) is 0.858. The van der Waals surface area contributed by atoms with E-state index in [4.69, 9.17) is 4.74 Å². The van der Waals surface area contributed by atoms with Crippen LogP contribution >= 0.6 is 27.3 Å². The predicted octanol–water partition coefficient (Wildman–Crippen LogP) is 2.66. The van der Waals surface area contributed by atoms with Crippen LogP contribution in [0.15, 0.2) is 4.47 Å². The number of hydrogen-bond acceptors (Lipinski definition) is 3. The molecular weight excluding hydrogens is 274 g/mol. The van der Waals surface area contributed by atoms with Crippen LogP contribution in [-0.2, 0) is 17.6 Å². The van der Waals surface area contributed by atoms with Gasteiger partial charge in [-0.1, -0.05) is 0 Å². The molecule has 2 heterocycles. The SMILES string of the molecule is Brc1c(C2COCCN2)sc2c1CCC2. The molecule has 1 aliphatic heterocycles. The maximum atomic E-state index is 5.52. The lowest BCUT2D eigenvalue weighted by Crippen LogP contribution is -2.34. The Labute approximate surface area is 102 Å². The summed E-state index contributed by atoms with van der Waals surface area (Å²) in [4.78, 5) is 3.03. The van der Waals surface area contributed by atoms with Crippen LogP contribution in [-0.4, -0.2) is 19.8 Å². The molecule has 0 saturated carbocycles. The first-order valence-electron chi connectivity index (χ1n) is 5.47. The minimum Gasteiger partial charge on any atom is -0.378 e. The van der Waals surface area contributed by atoms with Crippen LogP contribution in [0.2, 0.25) is 0 Å². The molecular formula is C11H14BrNOS. The van der Waals surface area contributed by atoms with Crippen LogP contribution in [0.25, 0.3) is 0 Å². The van der Waals surface area contributed by atoms with Crippen molar-refractivity contribution < 1.29 is 4.74 Å². The minimum atomic E-state index is 0.406. The summed E-state index contributed by atoms with van der Waals surface area (Å²) in [6.07, 6.45) is 3.85. The van der Waals surface area contributed by atoms with Crippen molar-refractivity contribution in [3.05, 3.63) is 19.8 Å². The van der Waals surface area contributed by atoms with E-state index >= 15 is 0 Å². The number of morpholine rings is 1. The number of nitrogens with one attached hydrogen (secondary N) is 1. The lowest BCUT2D eigenvalue weighted by molar-refractivity contribution is 0.0777. The Hall–Kier alpha value is 0.100. The Kier molecular flexibility index (Phi) is 2.85. The zero-order valence-electron chi connectivity index (χ0n) is 8.51. The third-order valence-electron chi connectivity index (χ3n) is 3.12. The first-order chi connectivity index (χ1) is 7.36. The van der Waals surface area contributed by atoms with E-state index in [-0.39, 0.29) is 0 Å². The van der Waals surface area contributed by atoms with E-state index in [1.54, 1.807) is 10.4 Å². The largest absolute Gasteiger partial charge is 0.378 e. The molecule has 2 nitrogen and oxygen atoms in total. The van der Waals surface area contributed by atoms with Gasteiger partial charge in [0.25, 0.3) is 0 Å². The fourth-order valence-corrected chi connectivity index (χ4v) is 4.78. The second-order valence-corrected chi connectivity index (χ2v) is 6.05. The molecule has 0 bridgehead atoms. The predicted molar refractivity (Wildman–Crippen MR) is 65.6 cm³/mol. The highest BCUT2D eigenvalue weighted by atomic mass is 79.9. The van der Waals surface area contributed by atoms with Gasteiger partial charge < -0.3 is 10.1 Å². The molecule has 82 valence electrons. The van der Waals surface area contributed by atoms with Crippen molar-refractivity contribution in [2.75, 3.05) is 19.8 Å². The zero-order valence-corrected chi connectivity index (χ0v) is 10.9. The molecule has 1 fully saturated rings. The third kappa shape index (κ3) is 1.78. The van der Waals surface area contributed by atoms with Gasteiger partial charge in [0, 0.05) is 20.8 Å². The van der Waals surface area contributed by atoms with Crippen LogP contribution in [0.4, 0.5) is 0 Å². The van der Waals surface area contributed by atoms with Gasteiger partial charge in [0.05, 0.1) is 19.3 Å². The number of halogens is 1. The highest BCUT2D eigenvalue weighted by Crippen LogP contribution is 2.42. The molecule has 1 atom stereocenters. The van der Waals surface area contributed by atoms with Crippen LogP contribution in [0.1, 0.15) is 27.8 Å². The standard InChI is InChI=1S/C11H14BrNOS/c12-10-7-2-1-3-9(7)15-11(10)8-6-14-5-4-13-8/h8,13H,1-6H2. The van der Waals surface area contributed by atoms with Crippen LogP contribution < -0.4 is 5.32 Å². The Balaban J connectivity index is 1.91. The van der Waals surface area contributed by atoms with Gasteiger partial charge in [-0.3, -0.25) is 0 Å². The van der Waals surface area contributed by atoms with Gasteiger partial charge in [-0.25, -0.2) is 0 Å². The van der Waals surface area contributed by atoms with Gasteiger partial charge >= 0.3 is 0 Å². The number of fused-ring (bicyclic) bond motifs is 1. The lowest BCUT2D eigenvalue weighted by atomic mass is 10.2. The summed E-state index contributed by atoms with van der Waals surface area (Å²) in [5.74, 6) is 0. The Morgan fingerprint density at radius 2 is 2.33 bits per heavy atom. The molecule has 0 aromatic carbocycles. The fraction of sp³-hybridized carbons (Fsp3) is 0.636.